The van der Waals surface area contributed by atoms with Gasteiger partial charge in [0, 0.05) is 0 Å². The number of nitrogens with one attached hydrogen (secondary N) is 1. The summed E-state index contributed by atoms with van der Waals surface area (Å²) in [5.74, 6) is 2.73. The first-order chi connectivity index (χ1) is 9.24. The van der Waals surface area contributed by atoms with E-state index in [1.165, 1.54) is 38.5 Å². The molecule has 0 aromatic carbocycles. The van der Waals surface area contributed by atoms with Crippen molar-refractivity contribution in [3.05, 3.63) is 22.6 Å². The van der Waals surface area contributed by atoms with Gasteiger partial charge in [0.05, 0.1) is 6.04 Å². The third-order valence-corrected chi connectivity index (χ3v) is 4.81. The average molecular weight is 328 g/mol. The van der Waals surface area contributed by atoms with E-state index < -0.39 is 0 Å². The van der Waals surface area contributed by atoms with Crippen molar-refractivity contribution in [3.63, 3.8) is 0 Å². The minimum Gasteiger partial charge on any atom is -0.453 e. The second-order valence-electron chi connectivity index (χ2n) is 5.77. The molecule has 19 heavy (non-hydrogen) atoms. The van der Waals surface area contributed by atoms with Crippen LogP contribution in [0, 0.1) is 11.8 Å². The molecule has 1 saturated carbocycles. The highest BCUT2D eigenvalue weighted by Crippen LogP contribution is 2.39. The van der Waals surface area contributed by atoms with Crippen molar-refractivity contribution < 1.29 is 4.42 Å². The summed E-state index contributed by atoms with van der Waals surface area (Å²) in [6.45, 7) is 5.61. The van der Waals surface area contributed by atoms with Gasteiger partial charge in [-0.25, -0.2) is 0 Å². The highest BCUT2D eigenvalue weighted by Gasteiger charge is 2.30. The maximum absolute atomic E-state index is 5.82. The van der Waals surface area contributed by atoms with Gasteiger partial charge in [0.15, 0.2) is 4.67 Å². The summed E-state index contributed by atoms with van der Waals surface area (Å²) >= 11 is 3.42. The van der Waals surface area contributed by atoms with E-state index in [1.54, 1.807) is 0 Å². The number of halogens is 1. The standard InChI is InChI=1S/C16H26BrNO/c1-3-10-18-16(14-8-9-15(17)19-14)13-7-5-6-12(4-2)11-13/h8-9,12-13,16,18H,3-7,10-11H2,1-2H3. The molecule has 0 amide bonds. The third kappa shape index (κ3) is 4.09. The molecule has 1 aliphatic rings. The molecule has 3 unspecified atom stereocenters. The van der Waals surface area contributed by atoms with Gasteiger partial charge in [-0.1, -0.05) is 33.1 Å². The molecule has 1 aromatic heterocycles. The Morgan fingerprint density at radius 1 is 1.37 bits per heavy atom. The second kappa shape index (κ2) is 7.49. The van der Waals surface area contributed by atoms with E-state index in [1.807, 2.05) is 6.07 Å². The molecule has 0 spiro atoms. The topological polar surface area (TPSA) is 25.2 Å². The third-order valence-electron chi connectivity index (χ3n) is 4.39. The SMILES string of the molecule is CCCNC(c1ccc(Br)o1)C1CCCC(CC)C1. The molecule has 1 aromatic rings. The number of hydrogen-bond acceptors (Lipinski definition) is 2. The van der Waals surface area contributed by atoms with E-state index in [-0.39, 0.29) is 0 Å². The van der Waals surface area contributed by atoms with E-state index in [2.05, 4.69) is 41.2 Å². The molecular formula is C16H26BrNO. The zero-order chi connectivity index (χ0) is 13.7. The van der Waals surface area contributed by atoms with E-state index >= 15 is 0 Å². The highest BCUT2D eigenvalue weighted by atomic mass is 79.9. The molecule has 1 N–H and O–H groups in total. The van der Waals surface area contributed by atoms with Crippen molar-refractivity contribution in [2.24, 2.45) is 11.8 Å². The van der Waals surface area contributed by atoms with Gasteiger partial charge < -0.3 is 9.73 Å². The summed E-state index contributed by atoms with van der Waals surface area (Å²) in [6.07, 6.45) is 7.94. The minimum atomic E-state index is 0.389. The Bertz CT molecular complexity index is 377. The van der Waals surface area contributed by atoms with Crippen LogP contribution in [0.3, 0.4) is 0 Å². The van der Waals surface area contributed by atoms with Gasteiger partial charge in [0.2, 0.25) is 0 Å². The first-order valence-corrected chi connectivity index (χ1v) is 8.52. The van der Waals surface area contributed by atoms with Crippen molar-refractivity contribution in [1.82, 2.24) is 5.32 Å². The fourth-order valence-corrected chi connectivity index (χ4v) is 3.62. The van der Waals surface area contributed by atoms with Crippen LogP contribution >= 0.6 is 15.9 Å². The Morgan fingerprint density at radius 2 is 2.21 bits per heavy atom. The Kier molecular flexibility index (Phi) is 5.96. The maximum atomic E-state index is 5.82. The normalized spacial score (nSPS) is 25.4. The van der Waals surface area contributed by atoms with Crippen LogP contribution in [-0.4, -0.2) is 6.54 Å². The maximum Gasteiger partial charge on any atom is 0.169 e. The Balaban J connectivity index is 2.08. The van der Waals surface area contributed by atoms with E-state index in [0.717, 1.165) is 28.8 Å². The predicted octanol–water partition coefficient (Wildman–Crippen LogP) is 5.30. The Labute approximate surface area is 125 Å². The lowest BCUT2D eigenvalue weighted by Gasteiger charge is -2.34. The van der Waals surface area contributed by atoms with E-state index in [0.29, 0.717) is 6.04 Å². The summed E-state index contributed by atoms with van der Waals surface area (Å²) in [6, 6.07) is 4.52. The van der Waals surface area contributed by atoms with Crippen LogP contribution in [0.15, 0.2) is 21.2 Å². The first-order valence-electron chi connectivity index (χ1n) is 7.73. The fraction of sp³-hybridized carbons (Fsp3) is 0.750. The quantitative estimate of drug-likeness (QED) is 0.766. The number of furan rings is 1. The smallest absolute Gasteiger partial charge is 0.169 e. The van der Waals surface area contributed by atoms with Gasteiger partial charge in [0.1, 0.15) is 5.76 Å². The first kappa shape index (κ1) is 15.1. The molecule has 1 aliphatic carbocycles. The van der Waals surface area contributed by atoms with Crippen LogP contribution in [-0.2, 0) is 0 Å². The lowest BCUT2D eigenvalue weighted by Crippen LogP contribution is -2.32. The Hall–Kier alpha value is -0.280. The van der Waals surface area contributed by atoms with Crippen molar-refractivity contribution in [3.8, 4) is 0 Å². The van der Waals surface area contributed by atoms with Crippen LogP contribution in [0.5, 0.6) is 0 Å². The lowest BCUT2D eigenvalue weighted by molar-refractivity contribution is 0.192. The molecule has 3 heteroatoms. The molecule has 0 bridgehead atoms. The molecule has 0 radical (unpaired) electrons. The summed E-state index contributed by atoms with van der Waals surface area (Å²) in [4.78, 5) is 0. The highest BCUT2D eigenvalue weighted by molar-refractivity contribution is 9.10. The zero-order valence-corrected chi connectivity index (χ0v) is 13.7. The molecule has 1 fully saturated rings. The largest absolute Gasteiger partial charge is 0.453 e. The molecule has 1 heterocycles. The summed E-state index contributed by atoms with van der Waals surface area (Å²) in [5, 5.41) is 3.70. The van der Waals surface area contributed by atoms with Crippen LogP contribution in [0.25, 0.3) is 0 Å². The van der Waals surface area contributed by atoms with Gasteiger partial charge in [-0.05, 0) is 65.7 Å². The summed E-state index contributed by atoms with van der Waals surface area (Å²) in [5.41, 5.74) is 0. The monoisotopic (exact) mass is 327 g/mol. The molecule has 0 aliphatic heterocycles. The van der Waals surface area contributed by atoms with Crippen molar-refractivity contribution >= 4 is 15.9 Å². The fourth-order valence-electron chi connectivity index (χ4n) is 3.30. The second-order valence-corrected chi connectivity index (χ2v) is 6.56. The van der Waals surface area contributed by atoms with Crippen molar-refractivity contribution in [1.29, 1.82) is 0 Å². The molecule has 2 nitrogen and oxygen atoms in total. The van der Waals surface area contributed by atoms with Crippen LogP contribution in [0.2, 0.25) is 0 Å². The van der Waals surface area contributed by atoms with Crippen LogP contribution in [0.4, 0.5) is 0 Å². The van der Waals surface area contributed by atoms with Gasteiger partial charge in [-0.3, -0.25) is 0 Å². The average Bonchev–Trinajstić information content (AvgIpc) is 2.86. The van der Waals surface area contributed by atoms with E-state index in [9.17, 15) is 0 Å². The molecule has 2 rings (SSSR count). The summed E-state index contributed by atoms with van der Waals surface area (Å²) < 4.78 is 6.66. The van der Waals surface area contributed by atoms with Gasteiger partial charge in [-0.2, -0.15) is 0 Å². The van der Waals surface area contributed by atoms with Gasteiger partial charge in [0.25, 0.3) is 0 Å². The van der Waals surface area contributed by atoms with E-state index in [4.69, 9.17) is 4.42 Å². The van der Waals surface area contributed by atoms with Crippen LogP contribution < -0.4 is 5.32 Å². The lowest BCUT2D eigenvalue weighted by atomic mass is 9.76. The Morgan fingerprint density at radius 3 is 2.84 bits per heavy atom. The minimum absolute atomic E-state index is 0.389. The molecule has 0 saturated heterocycles. The zero-order valence-electron chi connectivity index (χ0n) is 12.1. The summed E-state index contributed by atoms with van der Waals surface area (Å²) in [7, 11) is 0. The number of rotatable bonds is 6. The van der Waals surface area contributed by atoms with Gasteiger partial charge in [-0.15, -0.1) is 0 Å². The molecule has 3 atom stereocenters. The molecule has 108 valence electrons. The molecular weight excluding hydrogens is 302 g/mol. The predicted molar refractivity (Wildman–Crippen MR) is 83.2 cm³/mol. The van der Waals surface area contributed by atoms with Crippen LogP contribution in [0.1, 0.15) is 64.2 Å². The van der Waals surface area contributed by atoms with Crippen molar-refractivity contribution in [2.45, 2.75) is 58.4 Å². The number of hydrogen-bond donors (Lipinski definition) is 1. The van der Waals surface area contributed by atoms with Gasteiger partial charge >= 0.3 is 0 Å². The van der Waals surface area contributed by atoms with Crippen molar-refractivity contribution in [2.75, 3.05) is 6.54 Å².